The topological polar surface area (TPSA) is 74.6 Å². The third-order valence-electron chi connectivity index (χ3n) is 4.66. The normalized spacial score (nSPS) is 22.7. The fourth-order valence-corrected chi connectivity index (χ4v) is 3.17. The number of allylic oxidation sites excluding steroid dienone is 3. The summed E-state index contributed by atoms with van der Waals surface area (Å²) in [4.78, 5) is 22.5. The second-order valence-corrected chi connectivity index (χ2v) is 6.72. The largest absolute Gasteiger partial charge is 0.481 e. The quantitative estimate of drug-likeness (QED) is 0.412. The summed E-state index contributed by atoms with van der Waals surface area (Å²) >= 11 is 0. The Labute approximate surface area is 145 Å². The molecule has 0 heterocycles. The van der Waals surface area contributed by atoms with E-state index in [-0.39, 0.29) is 18.3 Å². The fourth-order valence-electron chi connectivity index (χ4n) is 3.17. The Hall–Kier alpha value is -1.42. The molecule has 1 fully saturated rings. The zero-order valence-corrected chi connectivity index (χ0v) is 14.8. The Balaban J connectivity index is 2.37. The molecule has 0 aromatic heterocycles. The van der Waals surface area contributed by atoms with Crippen LogP contribution in [0.5, 0.6) is 0 Å². The number of unbranched alkanes of at least 4 members (excludes halogenated alkanes) is 3. The van der Waals surface area contributed by atoms with Crippen molar-refractivity contribution >= 4 is 11.8 Å². The molecule has 24 heavy (non-hydrogen) atoms. The lowest BCUT2D eigenvalue weighted by Gasteiger charge is -2.13. The molecule has 0 spiro atoms. The summed E-state index contributed by atoms with van der Waals surface area (Å²) < 4.78 is 0. The molecule has 0 aromatic rings. The van der Waals surface area contributed by atoms with E-state index < -0.39 is 12.1 Å². The average Bonchev–Trinajstić information content (AvgIpc) is 2.89. The lowest BCUT2D eigenvalue weighted by Crippen LogP contribution is -2.13. The van der Waals surface area contributed by atoms with Crippen LogP contribution in [0.1, 0.15) is 71.1 Å². The van der Waals surface area contributed by atoms with Crippen molar-refractivity contribution in [3.8, 4) is 0 Å². The van der Waals surface area contributed by atoms with Crippen LogP contribution in [0.2, 0.25) is 0 Å². The van der Waals surface area contributed by atoms with Crippen molar-refractivity contribution in [2.24, 2.45) is 11.8 Å². The van der Waals surface area contributed by atoms with E-state index in [1.54, 1.807) is 0 Å². The first kappa shape index (κ1) is 20.6. The zero-order chi connectivity index (χ0) is 17.8. The number of carboxylic acid groups (broad SMARTS) is 1. The number of rotatable bonds is 12. The molecule has 1 rings (SSSR count). The third-order valence-corrected chi connectivity index (χ3v) is 4.66. The van der Waals surface area contributed by atoms with E-state index in [0.717, 1.165) is 38.5 Å². The van der Waals surface area contributed by atoms with Gasteiger partial charge >= 0.3 is 5.97 Å². The Morgan fingerprint density at radius 1 is 1.29 bits per heavy atom. The molecule has 0 amide bonds. The highest BCUT2D eigenvalue weighted by atomic mass is 16.4. The van der Waals surface area contributed by atoms with Gasteiger partial charge in [-0.2, -0.15) is 0 Å². The van der Waals surface area contributed by atoms with Gasteiger partial charge in [0.25, 0.3) is 0 Å². The minimum atomic E-state index is -0.767. The van der Waals surface area contributed by atoms with Gasteiger partial charge < -0.3 is 10.2 Å². The first-order valence-electron chi connectivity index (χ1n) is 9.30. The van der Waals surface area contributed by atoms with Crippen molar-refractivity contribution in [3.05, 3.63) is 24.3 Å². The van der Waals surface area contributed by atoms with E-state index >= 15 is 0 Å². The molecule has 4 heteroatoms. The van der Waals surface area contributed by atoms with E-state index in [4.69, 9.17) is 5.11 Å². The number of aliphatic hydroxyl groups is 1. The second-order valence-electron chi connectivity index (χ2n) is 6.72. The molecule has 1 aliphatic carbocycles. The van der Waals surface area contributed by atoms with Crippen LogP contribution in [0, 0.1) is 11.8 Å². The lowest BCUT2D eigenvalue weighted by atomic mass is 9.91. The molecule has 1 unspecified atom stereocenters. The van der Waals surface area contributed by atoms with Crippen LogP contribution < -0.4 is 0 Å². The smallest absolute Gasteiger partial charge is 0.303 e. The molecule has 1 aliphatic rings. The van der Waals surface area contributed by atoms with E-state index in [0.29, 0.717) is 25.0 Å². The highest BCUT2D eigenvalue weighted by Gasteiger charge is 2.31. The number of carbonyl (C=O) groups excluding carboxylic acids is 1. The zero-order valence-electron chi connectivity index (χ0n) is 14.8. The first-order chi connectivity index (χ1) is 11.5. The average molecular weight is 336 g/mol. The first-order valence-corrected chi connectivity index (χ1v) is 9.30. The predicted molar refractivity (Wildman–Crippen MR) is 95.8 cm³/mol. The summed E-state index contributed by atoms with van der Waals surface area (Å²) in [6, 6.07) is 0. The van der Waals surface area contributed by atoms with Gasteiger partial charge in [-0.15, -0.1) is 0 Å². The maximum Gasteiger partial charge on any atom is 0.303 e. The summed E-state index contributed by atoms with van der Waals surface area (Å²) in [6.45, 7) is 2.14. The Morgan fingerprint density at radius 2 is 2.08 bits per heavy atom. The maximum atomic E-state index is 12.0. The van der Waals surface area contributed by atoms with Crippen LogP contribution in [0.25, 0.3) is 0 Å². The molecular formula is C20H32O4. The van der Waals surface area contributed by atoms with Crippen molar-refractivity contribution in [2.45, 2.75) is 77.2 Å². The molecule has 0 radical (unpaired) electrons. The lowest BCUT2D eigenvalue weighted by molar-refractivity contribution is -0.137. The van der Waals surface area contributed by atoms with E-state index in [9.17, 15) is 14.7 Å². The van der Waals surface area contributed by atoms with Gasteiger partial charge in [-0.25, -0.2) is 0 Å². The van der Waals surface area contributed by atoms with E-state index in [2.05, 4.69) is 6.92 Å². The van der Waals surface area contributed by atoms with Crippen molar-refractivity contribution in [2.75, 3.05) is 0 Å². The van der Waals surface area contributed by atoms with E-state index in [1.165, 1.54) is 0 Å². The maximum absolute atomic E-state index is 12.0. The molecule has 136 valence electrons. The molecule has 1 saturated carbocycles. The van der Waals surface area contributed by atoms with Gasteiger partial charge in [0, 0.05) is 18.8 Å². The Bertz CT molecular complexity index is 439. The number of aliphatic carboxylic acids is 1. The van der Waals surface area contributed by atoms with Gasteiger partial charge in [0.1, 0.15) is 5.78 Å². The Morgan fingerprint density at radius 3 is 2.79 bits per heavy atom. The molecular weight excluding hydrogens is 304 g/mol. The van der Waals surface area contributed by atoms with Crippen LogP contribution in [-0.2, 0) is 9.59 Å². The standard InChI is InChI=1S/C20H32O4/c1-2-3-6-9-17(21)14-12-16-13-15-19(22)18(16)10-7-4-5-8-11-20(23)24/h4,7,12,14,16-18,21H,2-3,5-6,8-11,13,15H2,1H3,(H,23,24)/t16-,17?,18-/m0/s1. The molecule has 2 N–H and O–H groups in total. The van der Waals surface area contributed by atoms with Crippen molar-refractivity contribution in [1.82, 2.24) is 0 Å². The molecule has 0 aliphatic heterocycles. The number of carboxylic acids is 1. The van der Waals surface area contributed by atoms with Gasteiger partial charge in [0.15, 0.2) is 0 Å². The van der Waals surface area contributed by atoms with Crippen LogP contribution in [-0.4, -0.2) is 28.1 Å². The van der Waals surface area contributed by atoms with Gasteiger partial charge in [-0.1, -0.05) is 50.5 Å². The van der Waals surface area contributed by atoms with Crippen molar-refractivity contribution in [1.29, 1.82) is 0 Å². The van der Waals surface area contributed by atoms with Gasteiger partial charge in [0.05, 0.1) is 6.10 Å². The van der Waals surface area contributed by atoms with Crippen LogP contribution in [0.3, 0.4) is 0 Å². The fraction of sp³-hybridized carbons (Fsp3) is 0.700. The number of hydrogen-bond acceptors (Lipinski definition) is 3. The summed E-state index contributed by atoms with van der Waals surface area (Å²) in [5.41, 5.74) is 0. The Kier molecular flexibility index (Phi) is 10.3. The van der Waals surface area contributed by atoms with Crippen LogP contribution in [0.15, 0.2) is 24.3 Å². The minimum Gasteiger partial charge on any atom is -0.481 e. The monoisotopic (exact) mass is 336 g/mol. The number of aliphatic hydroxyl groups excluding tert-OH is 1. The van der Waals surface area contributed by atoms with Gasteiger partial charge in [-0.3, -0.25) is 9.59 Å². The predicted octanol–water partition coefficient (Wildman–Crippen LogP) is 4.28. The van der Waals surface area contributed by atoms with Crippen molar-refractivity contribution < 1.29 is 19.8 Å². The highest BCUT2D eigenvalue weighted by molar-refractivity contribution is 5.83. The van der Waals surface area contributed by atoms with Crippen LogP contribution in [0.4, 0.5) is 0 Å². The highest BCUT2D eigenvalue weighted by Crippen LogP contribution is 2.33. The van der Waals surface area contributed by atoms with Gasteiger partial charge in [0.2, 0.25) is 0 Å². The molecule has 0 bridgehead atoms. The molecule has 4 nitrogen and oxygen atoms in total. The third kappa shape index (κ3) is 8.44. The second kappa shape index (κ2) is 12.0. The van der Waals surface area contributed by atoms with Crippen molar-refractivity contribution in [3.63, 3.8) is 0 Å². The van der Waals surface area contributed by atoms with E-state index in [1.807, 2.05) is 24.3 Å². The van der Waals surface area contributed by atoms with Crippen LogP contribution >= 0.6 is 0 Å². The molecule has 3 atom stereocenters. The summed E-state index contributed by atoms with van der Waals surface area (Å²) in [7, 11) is 0. The molecule has 0 saturated heterocycles. The number of ketones is 1. The number of carbonyl (C=O) groups is 2. The SMILES string of the molecule is CCCCCC(O)C=C[C@H]1CCC(=O)[C@H]1CC=CCCCC(=O)O. The van der Waals surface area contributed by atoms with Gasteiger partial charge in [-0.05, 0) is 38.0 Å². The summed E-state index contributed by atoms with van der Waals surface area (Å²) in [5, 5.41) is 18.6. The summed E-state index contributed by atoms with van der Waals surface area (Å²) in [5.74, 6) is -0.223. The number of Topliss-reactive ketones (excluding diaryl/α,β-unsaturated/α-hetero) is 1. The molecule has 0 aromatic carbocycles. The minimum absolute atomic E-state index is 0.0137. The number of hydrogen-bond donors (Lipinski definition) is 2. The summed E-state index contributed by atoms with van der Waals surface area (Å²) in [6.07, 6.45) is 15.4.